The van der Waals surface area contributed by atoms with Gasteiger partial charge in [0, 0.05) is 17.9 Å². The number of ether oxygens (including phenoxy) is 1. The smallest absolute Gasteiger partial charge is 0.422 e. The third-order valence-corrected chi connectivity index (χ3v) is 5.01. The number of carbonyl (C=O) groups is 1. The van der Waals surface area contributed by atoms with E-state index in [4.69, 9.17) is 9.15 Å². The number of benzene rings is 2. The van der Waals surface area contributed by atoms with Crippen LogP contribution >= 0.6 is 0 Å². The fourth-order valence-corrected chi connectivity index (χ4v) is 3.42. The van der Waals surface area contributed by atoms with E-state index >= 15 is 0 Å². The van der Waals surface area contributed by atoms with Crippen molar-refractivity contribution in [3.63, 3.8) is 0 Å². The molecule has 0 saturated heterocycles. The molecule has 2 aromatic carbocycles. The summed E-state index contributed by atoms with van der Waals surface area (Å²) in [6, 6.07) is 10.7. The van der Waals surface area contributed by atoms with E-state index in [2.05, 4.69) is 0 Å². The first-order valence-corrected chi connectivity index (χ1v) is 9.89. The number of halogens is 3. The molecule has 0 unspecified atom stereocenters. The number of carbonyl (C=O) groups excluding carboxylic acids is 1. The van der Waals surface area contributed by atoms with Crippen molar-refractivity contribution in [2.45, 2.75) is 52.6 Å². The summed E-state index contributed by atoms with van der Waals surface area (Å²) in [6.07, 6.45) is -4.45. The number of hydrogen-bond acceptors (Lipinski definition) is 3. The molecule has 30 heavy (non-hydrogen) atoms. The maximum absolute atomic E-state index is 13.0. The van der Waals surface area contributed by atoms with Gasteiger partial charge in [-0.05, 0) is 46.7 Å². The first-order valence-electron chi connectivity index (χ1n) is 9.89. The molecule has 1 heterocycles. The molecule has 3 aromatic rings. The number of fused-ring (bicyclic) bond motifs is 1. The molecule has 1 aromatic heterocycles. The van der Waals surface area contributed by atoms with Crippen LogP contribution in [0.2, 0.25) is 0 Å². The van der Waals surface area contributed by atoms with E-state index in [1.165, 1.54) is 6.92 Å². The van der Waals surface area contributed by atoms with Crippen LogP contribution in [-0.4, -0.2) is 18.6 Å². The van der Waals surface area contributed by atoms with Gasteiger partial charge in [0.15, 0.2) is 18.2 Å². The fraction of sp³-hybridized carbons (Fsp3) is 0.375. The number of furan rings is 1. The van der Waals surface area contributed by atoms with Crippen molar-refractivity contribution < 1.29 is 27.1 Å². The van der Waals surface area contributed by atoms with Gasteiger partial charge in [-0.1, -0.05) is 45.9 Å². The van der Waals surface area contributed by atoms with Gasteiger partial charge in [0.05, 0.1) is 0 Å². The highest BCUT2D eigenvalue weighted by Gasteiger charge is 2.30. The van der Waals surface area contributed by atoms with Crippen LogP contribution in [0.5, 0.6) is 5.75 Å². The molecule has 160 valence electrons. The van der Waals surface area contributed by atoms with Crippen molar-refractivity contribution in [2.75, 3.05) is 6.61 Å². The second-order valence-corrected chi connectivity index (χ2v) is 8.08. The second-order valence-electron chi connectivity index (χ2n) is 8.08. The van der Waals surface area contributed by atoms with Gasteiger partial charge in [-0.3, -0.25) is 4.79 Å². The first kappa shape index (κ1) is 21.9. The number of Topliss-reactive ketones (excluding diaryl/α,β-unsaturated/α-hetero) is 1. The van der Waals surface area contributed by atoms with Gasteiger partial charge in [-0.15, -0.1) is 0 Å². The topological polar surface area (TPSA) is 39.4 Å². The van der Waals surface area contributed by atoms with Gasteiger partial charge in [-0.2, -0.15) is 13.2 Å². The van der Waals surface area contributed by atoms with Crippen molar-refractivity contribution >= 4 is 16.8 Å². The third-order valence-electron chi connectivity index (χ3n) is 5.01. The van der Waals surface area contributed by atoms with Crippen LogP contribution in [0.15, 0.2) is 40.8 Å². The summed E-state index contributed by atoms with van der Waals surface area (Å²) in [6.45, 7) is 7.95. The van der Waals surface area contributed by atoms with Crippen LogP contribution in [-0.2, 0) is 0 Å². The molecule has 0 atom stereocenters. The lowest BCUT2D eigenvalue weighted by molar-refractivity contribution is -0.153. The zero-order valence-corrected chi connectivity index (χ0v) is 17.7. The molecule has 0 aliphatic rings. The van der Waals surface area contributed by atoms with E-state index in [1.54, 1.807) is 18.2 Å². The van der Waals surface area contributed by atoms with E-state index in [9.17, 15) is 18.0 Å². The minimum absolute atomic E-state index is 0.0398. The maximum Gasteiger partial charge on any atom is 0.422 e. The predicted octanol–water partition coefficient (Wildman–Crippen LogP) is 7.49. The summed E-state index contributed by atoms with van der Waals surface area (Å²) >= 11 is 0. The zero-order valence-electron chi connectivity index (χ0n) is 17.7. The lowest BCUT2D eigenvalue weighted by Gasteiger charge is -2.22. The zero-order chi connectivity index (χ0) is 22.2. The van der Waals surface area contributed by atoms with Crippen molar-refractivity contribution in [3.8, 4) is 16.9 Å². The highest BCUT2D eigenvalue weighted by atomic mass is 19.4. The third kappa shape index (κ3) is 4.53. The fourth-order valence-electron chi connectivity index (χ4n) is 3.42. The SMILES string of the molecule is CC(=O)c1cc2c(-c3cc(C(C)C)cc(C(C)C)c3OCC(F)(F)F)cccc2o1. The van der Waals surface area contributed by atoms with Gasteiger partial charge < -0.3 is 9.15 Å². The molecule has 0 radical (unpaired) electrons. The number of rotatable bonds is 6. The highest BCUT2D eigenvalue weighted by Crippen LogP contribution is 2.43. The summed E-state index contributed by atoms with van der Waals surface area (Å²) in [4.78, 5) is 11.8. The van der Waals surface area contributed by atoms with E-state index in [-0.39, 0.29) is 29.1 Å². The Kier molecular flexibility index (Phi) is 5.97. The molecule has 0 fully saturated rings. The second kappa shape index (κ2) is 8.17. The number of alkyl halides is 3. The van der Waals surface area contributed by atoms with E-state index in [1.807, 2.05) is 45.9 Å². The molecule has 6 heteroatoms. The molecule has 0 bridgehead atoms. The molecule has 0 spiro atoms. The van der Waals surface area contributed by atoms with Crippen LogP contribution in [0, 0.1) is 0 Å². The predicted molar refractivity (Wildman–Crippen MR) is 111 cm³/mol. The lowest BCUT2D eigenvalue weighted by atomic mass is 9.88. The van der Waals surface area contributed by atoms with Gasteiger partial charge in [0.2, 0.25) is 0 Å². The summed E-state index contributed by atoms with van der Waals surface area (Å²) in [5.41, 5.74) is 3.45. The van der Waals surface area contributed by atoms with Crippen LogP contribution in [0.3, 0.4) is 0 Å². The summed E-state index contributed by atoms with van der Waals surface area (Å²) in [7, 11) is 0. The van der Waals surface area contributed by atoms with Gasteiger partial charge in [0.1, 0.15) is 11.3 Å². The van der Waals surface area contributed by atoms with Gasteiger partial charge >= 0.3 is 6.18 Å². The first-order chi connectivity index (χ1) is 14.0. The monoisotopic (exact) mass is 418 g/mol. The number of hydrogen-bond donors (Lipinski definition) is 0. The quantitative estimate of drug-likeness (QED) is 0.389. The minimum Gasteiger partial charge on any atom is -0.483 e. The Morgan fingerprint density at radius 3 is 2.30 bits per heavy atom. The Hall–Kier alpha value is -2.76. The van der Waals surface area contributed by atoms with Crippen molar-refractivity contribution in [1.29, 1.82) is 0 Å². The van der Waals surface area contributed by atoms with Crippen LogP contribution in [0.1, 0.15) is 68.1 Å². The Morgan fingerprint density at radius 1 is 1.03 bits per heavy atom. The standard InChI is InChI=1S/C24H25F3O3/c1-13(2)16-9-18(14(3)4)23(29-12-24(25,26)27)20(10-16)17-7-6-8-21-19(17)11-22(30-21)15(5)28/h6-11,13-14H,12H2,1-5H3. The summed E-state index contributed by atoms with van der Waals surface area (Å²) < 4.78 is 49.9. The normalized spacial score (nSPS) is 12.2. The molecular formula is C24H25F3O3. The van der Waals surface area contributed by atoms with E-state index in [0.717, 1.165) is 5.56 Å². The Balaban J connectivity index is 2.31. The average molecular weight is 418 g/mol. The molecular weight excluding hydrogens is 393 g/mol. The van der Waals surface area contributed by atoms with Crippen LogP contribution < -0.4 is 4.74 Å². The Bertz CT molecular complexity index is 1080. The Labute approximate surface area is 173 Å². The lowest BCUT2D eigenvalue weighted by Crippen LogP contribution is -2.20. The van der Waals surface area contributed by atoms with Crippen LogP contribution in [0.25, 0.3) is 22.1 Å². The largest absolute Gasteiger partial charge is 0.483 e. The molecule has 3 rings (SSSR count). The molecule has 3 nitrogen and oxygen atoms in total. The average Bonchev–Trinajstić information content (AvgIpc) is 3.09. The molecule has 0 aliphatic carbocycles. The van der Waals surface area contributed by atoms with E-state index in [0.29, 0.717) is 27.7 Å². The van der Waals surface area contributed by atoms with Gasteiger partial charge in [-0.25, -0.2) is 0 Å². The van der Waals surface area contributed by atoms with Gasteiger partial charge in [0.25, 0.3) is 0 Å². The molecule has 0 amide bonds. The van der Waals surface area contributed by atoms with E-state index < -0.39 is 12.8 Å². The molecule has 0 saturated carbocycles. The van der Waals surface area contributed by atoms with Crippen molar-refractivity contribution in [2.24, 2.45) is 0 Å². The maximum atomic E-state index is 13.0. The minimum atomic E-state index is -4.45. The number of ketones is 1. The van der Waals surface area contributed by atoms with Crippen molar-refractivity contribution in [3.05, 3.63) is 53.3 Å². The summed E-state index contributed by atoms with van der Waals surface area (Å²) in [5.74, 6) is 0.338. The summed E-state index contributed by atoms with van der Waals surface area (Å²) in [5, 5.41) is 0.662. The van der Waals surface area contributed by atoms with Crippen molar-refractivity contribution in [1.82, 2.24) is 0 Å². The molecule has 0 aliphatic heterocycles. The van der Waals surface area contributed by atoms with Crippen LogP contribution in [0.4, 0.5) is 13.2 Å². The Morgan fingerprint density at radius 2 is 1.73 bits per heavy atom. The molecule has 0 N–H and O–H groups in total. The highest BCUT2D eigenvalue weighted by molar-refractivity contribution is 6.02.